The highest BCUT2D eigenvalue weighted by Crippen LogP contribution is 2.44. The van der Waals surface area contributed by atoms with Crippen LogP contribution in [-0.4, -0.2) is 9.55 Å². The standard InChI is InChI=1S/C43H28N2/c1-3-12-29(13-4-1)31-22-23-40-38(27-31)39-28-44-25-24-41(39)45(40)33-17-11-16-32(26-33)43-36-20-9-7-18-34(36)42(30-14-5-2-6-15-30)35-19-8-10-21-37(35)43/h1-28H. The molecule has 0 spiro atoms. The summed E-state index contributed by atoms with van der Waals surface area (Å²) in [5.41, 5.74) is 10.8. The van der Waals surface area contributed by atoms with E-state index in [0.717, 1.165) is 16.6 Å². The minimum Gasteiger partial charge on any atom is -0.309 e. The first-order chi connectivity index (χ1) is 22.3. The molecule has 2 aromatic heterocycles. The Kier molecular flexibility index (Phi) is 5.85. The van der Waals surface area contributed by atoms with E-state index in [9.17, 15) is 0 Å². The average Bonchev–Trinajstić information content (AvgIpc) is 3.45. The van der Waals surface area contributed by atoms with E-state index in [0.29, 0.717) is 0 Å². The lowest BCUT2D eigenvalue weighted by Gasteiger charge is -2.18. The van der Waals surface area contributed by atoms with Gasteiger partial charge in [0.15, 0.2) is 0 Å². The van der Waals surface area contributed by atoms with Crippen molar-refractivity contribution in [2.75, 3.05) is 0 Å². The van der Waals surface area contributed by atoms with Crippen molar-refractivity contribution in [2.45, 2.75) is 0 Å². The van der Waals surface area contributed by atoms with E-state index in [-0.39, 0.29) is 0 Å². The van der Waals surface area contributed by atoms with Crippen molar-refractivity contribution in [3.05, 3.63) is 170 Å². The SMILES string of the molecule is c1ccc(-c2ccc3c(c2)c2cnccc2n3-c2cccc(-c3c4ccccc4c(-c4ccccc4)c4ccccc34)c2)cc1. The third-order valence-corrected chi connectivity index (χ3v) is 9.06. The summed E-state index contributed by atoms with van der Waals surface area (Å²) >= 11 is 0. The van der Waals surface area contributed by atoms with Crippen LogP contribution in [-0.2, 0) is 0 Å². The van der Waals surface area contributed by atoms with Gasteiger partial charge in [0, 0.05) is 28.9 Å². The van der Waals surface area contributed by atoms with Crippen molar-refractivity contribution in [3.63, 3.8) is 0 Å². The van der Waals surface area contributed by atoms with Crippen molar-refractivity contribution >= 4 is 43.4 Å². The number of fused-ring (bicyclic) bond motifs is 5. The van der Waals surface area contributed by atoms with Gasteiger partial charge in [-0.25, -0.2) is 0 Å². The predicted molar refractivity (Wildman–Crippen MR) is 190 cm³/mol. The first kappa shape index (κ1) is 25.5. The van der Waals surface area contributed by atoms with Crippen LogP contribution < -0.4 is 0 Å². The van der Waals surface area contributed by atoms with Crippen LogP contribution in [0.4, 0.5) is 0 Å². The Labute approximate surface area is 261 Å². The maximum absolute atomic E-state index is 4.53. The van der Waals surface area contributed by atoms with Crippen LogP contribution in [0.15, 0.2) is 170 Å². The van der Waals surface area contributed by atoms with Crippen molar-refractivity contribution in [1.82, 2.24) is 9.55 Å². The van der Waals surface area contributed by atoms with Crippen LogP contribution in [0, 0.1) is 0 Å². The highest BCUT2D eigenvalue weighted by Gasteiger charge is 2.18. The molecule has 0 atom stereocenters. The zero-order chi connectivity index (χ0) is 29.7. The van der Waals surface area contributed by atoms with Gasteiger partial charge in [0.25, 0.3) is 0 Å². The molecule has 0 unspecified atom stereocenters. The molecule has 7 aromatic carbocycles. The summed E-state index contributed by atoms with van der Waals surface area (Å²) in [7, 11) is 0. The van der Waals surface area contributed by atoms with Gasteiger partial charge in [0.2, 0.25) is 0 Å². The van der Waals surface area contributed by atoms with Crippen LogP contribution in [0.3, 0.4) is 0 Å². The van der Waals surface area contributed by atoms with Gasteiger partial charge in [-0.15, -0.1) is 0 Å². The minimum absolute atomic E-state index is 1.13. The van der Waals surface area contributed by atoms with E-state index in [1.54, 1.807) is 0 Å². The quantitative estimate of drug-likeness (QED) is 0.192. The van der Waals surface area contributed by atoms with Crippen molar-refractivity contribution in [2.24, 2.45) is 0 Å². The molecule has 2 heteroatoms. The maximum Gasteiger partial charge on any atom is 0.0571 e. The summed E-state index contributed by atoms with van der Waals surface area (Å²) < 4.78 is 2.38. The minimum atomic E-state index is 1.13. The van der Waals surface area contributed by atoms with Crippen molar-refractivity contribution < 1.29 is 0 Å². The Hall–Kier alpha value is -5.99. The molecular weight excluding hydrogens is 544 g/mol. The molecule has 2 nitrogen and oxygen atoms in total. The number of hydrogen-bond acceptors (Lipinski definition) is 1. The Morgan fingerprint density at radius 3 is 1.58 bits per heavy atom. The van der Waals surface area contributed by atoms with Gasteiger partial charge in [0.1, 0.15) is 0 Å². The summed E-state index contributed by atoms with van der Waals surface area (Å²) in [6.45, 7) is 0. The molecule has 2 heterocycles. The Balaban J connectivity index is 1.30. The van der Waals surface area contributed by atoms with Gasteiger partial charge < -0.3 is 4.57 Å². The monoisotopic (exact) mass is 572 g/mol. The fourth-order valence-corrected chi connectivity index (χ4v) is 7.11. The number of hydrogen-bond donors (Lipinski definition) is 0. The molecule has 210 valence electrons. The predicted octanol–water partition coefficient (Wildman–Crippen LogP) is 11.5. The second-order valence-electron chi connectivity index (χ2n) is 11.6. The molecule has 0 aliphatic heterocycles. The van der Waals surface area contributed by atoms with E-state index in [2.05, 4.69) is 167 Å². The molecule has 0 radical (unpaired) electrons. The molecule has 45 heavy (non-hydrogen) atoms. The topological polar surface area (TPSA) is 17.8 Å². The molecule has 0 fully saturated rings. The largest absolute Gasteiger partial charge is 0.309 e. The van der Waals surface area contributed by atoms with Crippen LogP contribution in [0.1, 0.15) is 0 Å². The molecule has 0 aliphatic carbocycles. The van der Waals surface area contributed by atoms with E-state index < -0.39 is 0 Å². The first-order valence-electron chi connectivity index (χ1n) is 15.4. The fourth-order valence-electron chi connectivity index (χ4n) is 7.11. The molecule has 9 rings (SSSR count). The highest BCUT2D eigenvalue weighted by molar-refractivity contribution is 6.21. The third-order valence-electron chi connectivity index (χ3n) is 9.06. The van der Waals surface area contributed by atoms with Gasteiger partial charge in [-0.3, -0.25) is 4.98 Å². The summed E-state index contributed by atoms with van der Waals surface area (Å²) in [6.07, 6.45) is 3.89. The Morgan fingerprint density at radius 1 is 0.356 bits per heavy atom. The zero-order valence-corrected chi connectivity index (χ0v) is 24.6. The van der Waals surface area contributed by atoms with Crippen molar-refractivity contribution in [3.8, 4) is 39.1 Å². The number of benzene rings is 7. The number of rotatable bonds is 4. The van der Waals surface area contributed by atoms with Crippen LogP contribution >= 0.6 is 0 Å². The summed E-state index contributed by atoms with van der Waals surface area (Å²) in [4.78, 5) is 4.53. The summed E-state index contributed by atoms with van der Waals surface area (Å²) in [5.74, 6) is 0. The smallest absolute Gasteiger partial charge is 0.0571 e. The molecule has 0 saturated carbocycles. The average molecular weight is 573 g/mol. The number of nitrogens with zero attached hydrogens (tertiary/aromatic N) is 2. The Bertz CT molecular complexity index is 2470. The van der Waals surface area contributed by atoms with E-state index in [1.807, 2.05) is 12.4 Å². The van der Waals surface area contributed by atoms with E-state index in [4.69, 9.17) is 0 Å². The van der Waals surface area contributed by atoms with Crippen LogP contribution in [0.25, 0.3) is 82.4 Å². The van der Waals surface area contributed by atoms with Gasteiger partial charge in [0.05, 0.1) is 11.0 Å². The molecular formula is C43H28N2. The zero-order valence-electron chi connectivity index (χ0n) is 24.6. The normalized spacial score (nSPS) is 11.6. The first-order valence-corrected chi connectivity index (χ1v) is 15.4. The van der Waals surface area contributed by atoms with Gasteiger partial charge in [-0.1, -0.05) is 127 Å². The second kappa shape index (κ2) is 10.3. The molecule has 0 bridgehead atoms. The van der Waals surface area contributed by atoms with E-state index >= 15 is 0 Å². The highest BCUT2D eigenvalue weighted by atomic mass is 15.0. The summed E-state index contributed by atoms with van der Waals surface area (Å²) in [6, 6.07) is 57.0. The molecule has 9 aromatic rings. The molecule has 0 saturated heterocycles. The number of aromatic nitrogens is 2. The van der Waals surface area contributed by atoms with Gasteiger partial charge in [-0.2, -0.15) is 0 Å². The van der Waals surface area contributed by atoms with Crippen LogP contribution in [0.2, 0.25) is 0 Å². The van der Waals surface area contributed by atoms with Gasteiger partial charge in [-0.05, 0) is 85.3 Å². The van der Waals surface area contributed by atoms with E-state index in [1.165, 1.54) is 65.8 Å². The fraction of sp³-hybridized carbons (Fsp3) is 0. The molecule has 0 N–H and O–H groups in total. The Morgan fingerprint density at radius 2 is 0.911 bits per heavy atom. The van der Waals surface area contributed by atoms with Gasteiger partial charge >= 0.3 is 0 Å². The summed E-state index contributed by atoms with van der Waals surface area (Å²) in [5, 5.41) is 7.39. The lowest BCUT2D eigenvalue weighted by molar-refractivity contribution is 1.18. The lowest BCUT2D eigenvalue weighted by atomic mass is 9.86. The molecule has 0 amide bonds. The lowest BCUT2D eigenvalue weighted by Crippen LogP contribution is -1.95. The number of pyridine rings is 1. The van der Waals surface area contributed by atoms with Crippen molar-refractivity contribution in [1.29, 1.82) is 0 Å². The second-order valence-corrected chi connectivity index (χ2v) is 11.6. The maximum atomic E-state index is 4.53. The van der Waals surface area contributed by atoms with Crippen LogP contribution in [0.5, 0.6) is 0 Å². The molecule has 0 aliphatic rings. The third kappa shape index (κ3) is 4.07.